The minimum Gasteiger partial charge on any atom is -0.273 e. The first-order chi connectivity index (χ1) is 11.5. The van der Waals surface area contributed by atoms with Gasteiger partial charge >= 0.3 is 6.03 Å². The van der Waals surface area contributed by atoms with E-state index in [1.165, 1.54) is 24.3 Å². The van der Waals surface area contributed by atoms with E-state index in [0.29, 0.717) is 15.5 Å². The van der Waals surface area contributed by atoms with E-state index in [9.17, 15) is 18.8 Å². The molecule has 1 heterocycles. The van der Waals surface area contributed by atoms with E-state index in [1.54, 1.807) is 24.3 Å². The summed E-state index contributed by atoms with van der Waals surface area (Å²) in [5.41, 5.74) is 0.0374. The van der Waals surface area contributed by atoms with Crippen molar-refractivity contribution >= 4 is 41.2 Å². The largest absolute Gasteiger partial charge is 0.336 e. The van der Waals surface area contributed by atoms with Crippen molar-refractivity contribution in [1.29, 1.82) is 0 Å². The van der Waals surface area contributed by atoms with Crippen molar-refractivity contribution < 1.29 is 18.8 Å². The van der Waals surface area contributed by atoms with Gasteiger partial charge in [0.2, 0.25) is 0 Å². The summed E-state index contributed by atoms with van der Waals surface area (Å²) in [7, 11) is 0. The molecule has 3 rings (SSSR count). The molecule has 1 aliphatic rings. The van der Waals surface area contributed by atoms with Crippen molar-refractivity contribution in [3.63, 3.8) is 0 Å². The fourth-order valence-corrected chi connectivity index (χ4v) is 2.36. The SMILES string of the molecule is O=C1NC(=O)N(c2ccccc2F)C(=O)C1=Cc1ccc(Cl)cc1. The Bertz CT molecular complexity index is 878. The van der Waals surface area contributed by atoms with Crippen molar-refractivity contribution in [3.05, 3.63) is 70.5 Å². The van der Waals surface area contributed by atoms with Crippen molar-refractivity contribution in [1.82, 2.24) is 5.32 Å². The van der Waals surface area contributed by atoms with Gasteiger partial charge in [0.1, 0.15) is 11.4 Å². The quantitative estimate of drug-likeness (QED) is 0.672. The fourth-order valence-electron chi connectivity index (χ4n) is 2.23. The van der Waals surface area contributed by atoms with Crippen LogP contribution in [0.3, 0.4) is 0 Å². The van der Waals surface area contributed by atoms with Crippen LogP contribution in [-0.4, -0.2) is 17.8 Å². The van der Waals surface area contributed by atoms with Gasteiger partial charge in [-0.2, -0.15) is 0 Å². The standard InChI is InChI=1S/C17H10ClFN2O3/c18-11-7-5-10(6-8-11)9-12-15(22)20-17(24)21(16(12)23)14-4-2-1-3-13(14)19/h1-9H,(H,20,22,24). The number of imide groups is 2. The van der Waals surface area contributed by atoms with Crippen LogP contribution >= 0.6 is 11.6 Å². The van der Waals surface area contributed by atoms with E-state index < -0.39 is 23.7 Å². The minimum absolute atomic E-state index is 0.227. The van der Waals surface area contributed by atoms with Crippen molar-refractivity contribution in [2.45, 2.75) is 0 Å². The van der Waals surface area contributed by atoms with Crippen LogP contribution in [0.2, 0.25) is 5.02 Å². The Balaban J connectivity index is 2.03. The Kier molecular flexibility index (Phi) is 4.14. The molecule has 0 saturated carbocycles. The summed E-state index contributed by atoms with van der Waals surface area (Å²) < 4.78 is 13.9. The topological polar surface area (TPSA) is 66.5 Å². The lowest BCUT2D eigenvalue weighted by Gasteiger charge is -2.26. The molecule has 0 aliphatic carbocycles. The molecular formula is C17H10ClFN2O3. The number of rotatable bonds is 2. The van der Waals surface area contributed by atoms with E-state index in [2.05, 4.69) is 0 Å². The summed E-state index contributed by atoms with van der Waals surface area (Å²) in [6, 6.07) is 10.7. The number of nitrogens with zero attached hydrogens (tertiary/aromatic N) is 1. The van der Waals surface area contributed by atoms with Crippen LogP contribution in [0.25, 0.3) is 6.08 Å². The van der Waals surface area contributed by atoms with Crippen molar-refractivity contribution in [2.24, 2.45) is 0 Å². The lowest BCUT2D eigenvalue weighted by atomic mass is 10.1. The lowest BCUT2D eigenvalue weighted by molar-refractivity contribution is -0.122. The molecule has 5 nitrogen and oxygen atoms in total. The maximum Gasteiger partial charge on any atom is 0.336 e. The second-order valence-electron chi connectivity index (χ2n) is 4.96. The Labute approximate surface area is 141 Å². The maximum absolute atomic E-state index is 13.9. The van der Waals surface area contributed by atoms with Gasteiger partial charge in [-0.15, -0.1) is 0 Å². The molecule has 120 valence electrons. The Morgan fingerprint density at radius 3 is 2.33 bits per heavy atom. The van der Waals surface area contributed by atoms with Crippen molar-refractivity contribution in [2.75, 3.05) is 4.90 Å². The van der Waals surface area contributed by atoms with Crippen LogP contribution < -0.4 is 10.2 Å². The van der Waals surface area contributed by atoms with E-state index in [-0.39, 0.29) is 11.3 Å². The third-order valence-electron chi connectivity index (χ3n) is 3.38. The number of halogens is 2. The molecule has 0 bridgehead atoms. The summed E-state index contributed by atoms with van der Waals surface area (Å²) in [5.74, 6) is -2.49. The lowest BCUT2D eigenvalue weighted by Crippen LogP contribution is -2.54. The predicted octanol–water partition coefficient (Wildman–Crippen LogP) is 3.15. The Hall–Kier alpha value is -2.99. The van der Waals surface area contributed by atoms with E-state index >= 15 is 0 Å². The molecule has 24 heavy (non-hydrogen) atoms. The van der Waals surface area contributed by atoms with Crippen LogP contribution in [0.4, 0.5) is 14.9 Å². The van der Waals surface area contributed by atoms with Crippen LogP contribution in [0.1, 0.15) is 5.56 Å². The zero-order chi connectivity index (χ0) is 17.3. The number of amides is 4. The van der Waals surface area contributed by atoms with E-state index in [4.69, 9.17) is 11.6 Å². The highest BCUT2D eigenvalue weighted by Crippen LogP contribution is 2.24. The number of nitrogens with one attached hydrogen (secondary N) is 1. The number of benzene rings is 2. The smallest absolute Gasteiger partial charge is 0.273 e. The molecule has 0 atom stereocenters. The average Bonchev–Trinajstić information content (AvgIpc) is 2.55. The molecule has 2 aromatic rings. The van der Waals surface area contributed by atoms with Gasteiger partial charge in [-0.3, -0.25) is 14.9 Å². The fraction of sp³-hybridized carbons (Fsp3) is 0. The molecule has 1 saturated heterocycles. The van der Waals surface area contributed by atoms with Gasteiger partial charge in [-0.25, -0.2) is 14.1 Å². The first-order valence-corrected chi connectivity index (χ1v) is 7.27. The highest BCUT2D eigenvalue weighted by Gasteiger charge is 2.37. The summed E-state index contributed by atoms with van der Waals surface area (Å²) in [6.45, 7) is 0. The third kappa shape index (κ3) is 2.91. The summed E-state index contributed by atoms with van der Waals surface area (Å²) in [5, 5.41) is 2.53. The number of hydrogen-bond donors (Lipinski definition) is 1. The van der Waals surface area contributed by atoms with Crippen LogP contribution in [-0.2, 0) is 9.59 Å². The van der Waals surface area contributed by atoms with Gasteiger partial charge in [0.25, 0.3) is 11.8 Å². The minimum atomic E-state index is -0.997. The molecule has 7 heteroatoms. The molecule has 4 amide bonds. The number of barbiturate groups is 1. The highest BCUT2D eigenvalue weighted by atomic mass is 35.5. The molecule has 0 unspecified atom stereocenters. The molecule has 1 fully saturated rings. The summed E-state index contributed by atoms with van der Waals surface area (Å²) in [4.78, 5) is 37.1. The average molecular weight is 345 g/mol. The number of carbonyl (C=O) groups excluding carboxylic acids is 3. The van der Waals surface area contributed by atoms with Gasteiger partial charge < -0.3 is 0 Å². The molecule has 1 N–H and O–H groups in total. The second-order valence-corrected chi connectivity index (χ2v) is 5.40. The number of para-hydroxylation sites is 1. The van der Waals surface area contributed by atoms with E-state index in [0.717, 1.165) is 6.07 Å². The molecular weight excluding hydrogens is 335 g/mol. The maximum atomic E-state index is 13.9. The van der Waals surface area contributed by atoms with Gasteiger partial charge in [0, 0.05) is 5.02 Å². The zero-order valence-corrected chi connectivity index (χ0v) is 12.9. The summed E-state index contributed by atoms with van der Waals surface area (Å²) in [6.07, 6.45) is 1.31. The molecule has 1 aliphatic heterocycles. The summed E-state index contributed by atoms with van der Waals surface area (Å²) >= 11 is 5.79. The van der Waals surface area contributed by atoms with Gasteiger partial charge in [-0.05, 0) is 35.9 Å². The molecule has 2 aromatic carbocycles. The zero-order valence-electron chi connectivity index (χ0n) is 12.1. The van der Waals surface area contributed by atoms with Crippen LogP contribution in [0.5, 0.6) is 0 Å². The number of anilines is 1. The molecule has 0 aromatic heterocycles. The molecule has 0 spiro atoms. The van der Waals surface area contributed by atoms with Gasteiger partial charge in [0.05, 0.1) is 5.69 Å². The predicted molar refractivity (Wildman–Crippen MR) is 86.9 cm³/mol. The van der Waals surface area contributed by atoms with Crippen molar-refractivity contribution in [3.8, 4) is 0 Å². The van der Waals surface area contributed by atoms with E-state index in [1.807, 2.05) is 5.32 Å². The van der Waals surface area contributed by atoms with Gasteiger partial charge in [-0.1, -0.05) is 35.9 Å². The monoisotopic (exact) mass is 344 g/mol. The Morgan fingerprint density at radius 2 is 1.67 bits per heavy atom. The number of carbonyl (C=O) groups is 3. The van der Waals surface area contributed by atoms with Gasteiger partial charge in [0.15, 0.2) is 0 Å². The Morgan fingerprint density at radius 1 is 1.00 bits per heavy atom. The first-order valence-electron chi connectivity index (χ1n) is 6.89. The van der Waals surface area contributed by atoms with Crippen LogP contribution in [0, 0.1) is 5.82 Å². The first kappa shape index (κ1) is 15.9. The second kappa shape index (κ2) is 6.25. The number of urea groups is 1. The van der Waals surface area contributed by atoms with Crippen LogP contribution in [0.15, 0.2) is 54.1 Å². The highest BCUT2D eigenvalue weighted by molar-refractivity contribution is 6.39. The molecule has 0 radical (unpaired) electrons. The normalized spacial score (nSPS) is 16.5. The third-order valence-corrected chi connectivity index (χ3v) is 3.63. The number of hydrogen-bond acceptors (Lipinski definition) is 3.